The molecule has 0 spiro atoms. The van der Waals surface area contributed by atoms with Gasteiger partial charge in [0.15, 0.2) is 0 Å². The predicted molar refractivity (Wildman–Crippen MR) is 373 cm³/mol. The highest BCUT2D eigenvalue weighted by Crippen LogP contribution is 2.43. The largest absolute Gasteiger partial charge is 0.472 e. The molecule has 0 aliphatic carbocycles. The van der Waals surface area contributed by atoms with Gasteiger partial charge in [0.05, 0.1) is 33.8 Å². The van der Waals surface area contributed by atoms with Crippen LogP contribution in [-0.4, -0.2) is 74.3 Å². The van der Waals surface area contributed by atoms with Gasteiger partial charge in [0.1, 0.15) is 19.3 Å². The number of ether oxygens (including phenoxy) is 1. The minimum Gasteiger partial charge on any atom is -0.456 e. The maximum absolute atomic E-state index is 13.6. The summed E-state index contributed by atoms with van der Waals surface area (Å²) in [6.45, 7) is 6.86. The smallest absolute Gasteiger partial charge is 0.456 e. The fourth-order valence-electron chi connectivity index (χ4n) is 9.72. The lowest BCUT2D eigenvalue weighted by atomic mass is 10.0. The quantitative estimate of drug-likeness (QED) is 0.0205. The lowest BCUT2D eigenvalue weighted by Crippen LogP contribution is -2.47. The van der Waals surface area contributed by atoms with Gasteiger partial charge in [-0.05, 0) is 122 Å². The molecule has 86 heavy (non-hydrogen) atoms. The van der Waals surface area contributed by atoms with E-state index in [9.17, 15) is 19.0 Å². The van der Waals surface area contributed by atoms with Crippen LogP contribution in [0.2, 0.25) is 0 Å². The number of quaternary nitrogens is 1. The van der Waals surface area contributed by atoms with Crippen LogP contribution in [0.5, 0.6) is 0 Å². The van der Waals surface area contributed by atoms with Crippen molar-refractivity contribution < 1.29 is 37.3 Å². The normalized spacial score (nSPS) is 14.3. The molecular weight excluding hydrogens is 1080 g/mol. The maximum atomic E-state index is 13.6. The Balaban J connectivity index is 5.14. The molecule has 0 aromatic heterocycles. The van der Waals surface area contributed by atoms with Gasteiger partial charge in [-0.3, -0.25) is 18.6 Å². The molecule has 0 heterocycles. The van der Waals surface area contributed by atoms with E-state index in [0.29, 0.717) is 17.4 Å². The van der Waals surface area contributed by atoms with E-state index < -0.39 is 20.0 Å². The molecule has 10 heteroatoms. The third-order valence-electron chi connectivity index (χ3n) is 15.1. The number of unbranched alkanes of at least 4 members (excludes halogenated alkanes) is 29. The Kier molecular flexibility index (Phi) is 61.7. The van der Waals surface area contributed by atoms with Crippen molar-refractivity contribution in [2.45, 2.75) is 309 Å². The minimum atomic E-state index is -4.47. The van der Waals surface area contributed by atoms with Gasteiger partial charge in [0.2, 0.25) is 5.91 Å². The van der Waals surface area contributed by atoms with E-state index in [1.54, 1.807) is 0 Å². The maximum Gasteiger partial charge on any atom is 0.472 e. The fourth-order valence-corrected chi connectivity index (χ4v) is 10.5. The Hall–Kier alpha value is -3.59. The van der Waals surface area contributed by atoms with E-state index in [4.69, 9.17) is 13.8 Å². The van der Waals surface area contributed by atoms with Crippen LogP contribution in [0.4, 0.5) is 0 Å². The number of amides is 1. The third-order valence-corrected chi connectivity index (χ3v) is 16.1. The number of carbonyl (C=O) groups excluding carboxylic acids is 2. The van der Waals surface area contributed by atoms with Gasteiger partial charge < -0.3 is 19.4 Å². The zero-order chi connectivity index (χ0) is 62.8. The Morgan fingerprint density at radius 2 is 0.744 bits per heavy atom. The number of likely N-dealkylation sites (N-methyl/N-ethyl adjacent to an activating group) is 1. The van der Waals surface area contributed by atoms with Crippen molar-refractivity contribution in [1.29, 1.82) is 0 Å². The van der Waals surface area contributed by atoms with Crippen molar-refractivity contribution in [2.24, 2.45) is 0 Å². The van der Waals surface area contributed by atoms with Gasteiger partial charge in [-0.25, -0.2) is 4.57 Å². The molecule has 2 N–H and O–H groups in total. The number of rotatable bonds is 63. The summed E-state index contributed by atoms with van der Waals surface area (Å²) in [5.74, 6) is -0.527. The second-order valence-corrected chi connectivity index (χ2v) is 26.1. The monoisotopic (exact) mass is 1220 g/mol. The van der Waals surface area contributed by atoms with Gasteiger partial charge >= 0.3 is 13.8 Å². The Morgan fingerprint density at radius 3 is 1.14 bits per heavy atom. The average Bonchev–Trinajstić information content (AvgIpc) is 3.69. The van der Waals surface area contributed by atoms with Crippen molar-refractivity contribution >= 4 is 19.7 Å². The van der Waals surface area contributed by atoms with Crippen LogP contribution in [-0.2, 0) is 27.9 Å². The average molecular weight is 1220 g/mol. The Labute approximate surface area is 531 Å². The van der Waals surface area contributed by atoms with Gasteiger partial charge in [-0.15, -0.1) is 0 Å². The number of carbonyl (C=O) groups is 2. The first kappa shape index (κ1) is 82.4. The number of nitrogens with zero attached hydrogens (tertiary/aromatic N) is 1. The van der Waals surface area contributed by atoms with E-state index >= 15 is 0 Å². The van der Waals surface area contributed by atoms with E-state index in [2.05, 4.69) is 135 Å². The summed E-state index contributed by atoms with van der Waals surface area (Å²) in [6.07, 6.45) is 90.6. The van der Waals surface area contributed by atoms with Gasteiger partial charge in [0, 0.05) is 12.8 Å². The van der Waals surface area contributed by atoms with Crippen molar-refractivity contribution in [3.8, 4) is 0 Å². The summed E-state index contributed by atoms with van der Waals surface area (Å²) < 4.78 is 30.8. The first-order valence-electron chi connectivity index (χ1n) is 35.4. The SMILES string of the molecule is CC/C=C\C/C=C\C/C=C\C/C=C\C/C=C\CCCCCCCCCC(=O)OC(/C=C/CCCCCCCCCCCC)C(COP(=O)(O)OCC[N+](C)(C)C)NC(=O)CCCCCCCCCCC/C=C\C/C=C\C/C=C\C/C=C\CCCCC. The molecule has 0 aromatic rings. The number of phosphoric ester groups is 1. The third kappa shape index (κ3) is 64.9. The topological polar surface area (TPSA) is 111 Å². The second kappa shape index (κ2) is 64.4. The van der Waals surface area contributed by atoms with Gasteiger partial charge in [-0.2, -0.15) is 0 Å². The Morgan fingerprint density at radius 1 is 0.419 bits per heavy atom. The molecule has 3 unspecified atom stereocenters. The van der Waals surface area contributed by atoms with Crippen LogP contribution in [0, 0.1) is 0 Å². The molecular formula is C76H134N2O7P+. The van der Waals surface area contributed by atoms with E-state index in [-0.39, 0.29) is 31.5 Å². The van der Waals surface area contributed by atoms with E-state index in [0.717, 1.165) is 135 Å². The molecule has 0 saturated heterocycles. The lowest BCUT2D eigenvalue weighted by molar-refractivity contribution is -0.870. The van der Waals surface area contributed by atoms with Crippen molar-refractivity contribution in [3.05, 3.63) is 122 Å². The standard InChI is InChI=1S/C76H133N2O7P/c1-7-10-13-16-19-22-25-28-30-32-34-36-38-39-41-42-44-46-48-50-53-56-59-62-65-68-75(79)77-73(72-84-86(81,82)83-71-70-78(4,5)6)74(67-64-61-58-55-52-27-24-21-18-15-12-9-3)85-76(80)69-66-63-60-57-54-51-49-47-45-43-40-37-35-33-31-29-26-23-20-17-14-11-8-2/h11,14,19-20,22-23,28-31,34-37,39,41,43,45,64,67,73-74H,7-10,12-13,15-18,21,24-27,32-33,38,40,42,44,46-63,65-66,68-72H2,1-6H3,(H-,77,79,81,82)/p+1/b14-11-,22-19-,23-20-,30-28-,31-29-,36-34-,37-35-,41-39-,45-43-,67-64+. The van der Waals surface area contributed by atoms with Crippen LogP contribution < -0.4 is 5.32 Å². The molecule has 0 bridgehead atoms. The number of phosphoric acid groups is 1. The zero-order valence-corrected chi connectivity index (χ0v) is 57.4. The highest BCUT2D eigenvalue weighted by molar-refractivity contribution is 7.47. The molecule has 0 aliphatic heterocycles. The van der Waals surface area contributed by atoms with Crippen LogP contribution in [0.1, 0.15) is 297 Å². The second-order valence-electron chi connectivity index (χ2n) is 24.7. The summed E-state index contributed by atoms with van der Waals surface area (Å²) in [5.41, 5.74) is 0. The lowest BCUT2D eigenvalue weighted by Gasteiger charge is -2.27. The molecule has 0 saturated carbocycles. The van der Waals surface area contributed by atoms with E-state index in [1.807, 2.05) is 33.3 Å². The molecule has 0 aromatic carbocycles. The molecule has 1 amide bonds. The van der Waals surface area contributed by atoms with Crippen molar-refractivity contribution in [2.75, 3.05) is 40.9 Å². The van der Waals surface area contributed by atoms with Gasteiger partial charge in [0.25, 0.3) is 0 Å². The molecule has 0 aliphatic rings. The number of esters is 1. The highest BCUT2D eigenvalue weighted by Gasteiger charge is 2.30. The molecule has 3 atom stereocenters. The number of nitrogens with one attached hydrogen (secondary N) is 1. The first-order valence-corrected chi connectivity index (χ1v) is 36.9. The van der Waals surface area contributed by atoms with Crippen molar-refractivity contribution in [3.63, 3.8) is 0 Å². The Bertz CT molecular complexity index is 1890. The minimum absolute atomic E-state index is 0.0311. The predicted octanol–water partition coefficient (Wildman–Crippen LogP) is 22.6. The highest BCUT2D eigenvalue weighted by atomic mass is 31.2. The summed E-state index contributed by atoms with van der Waals surface area (Å²) in [6, 6.07) is -0.866. The number of allylic oxidation sites excluding steroid dienone is 19. The van der Waals surface area contributed by atoms with Crippen LogP contribution in [0.25, 0.3) is 0 Å². The molecule has 0 fully saturated rings. The van der Waals surface area contributed by atoms with Crippen molar-refractivity contribution in [1.82, 2.24) is 5.32 Å². The van der Waals surface area contributed by atoms with Gasteiger partial charge in [-0.1, -0.05) is 284 Å². The summed E-state index contributed by atoms with van der Waals surface area (Å²) in [7, 11) is 1.47. The summed E-state index contributed by atoms with van der Waals surface area (Å²) in [4.78, 5) is 37.9. The van der Waals surface area contributed by atoms with Crippen LogP contribution in [0.15, 0.2) is 122 Å². The van der Waals surface area contributed by atoms with E-state index in [1.165, 1.54) is 128 Å². The summed E-state index contributed by atoms with van der Waals surface area (Å²) in [5, 5.41) is 3.06. The molecule has 0 rings (SSSR count). The van der Waals surface area contributed by atoms with Crippen LogP contribution in [0.3, 0.4) is 0 Å². The zero-order valence-electron chi connectivity index (χ0n) is 56.5. The first-order chi connectivity index (χ1) is 41.9. The number of hydrogen-bond donors (Lipinski definition) is 2. The summed E-state index contributed by atoms with van der Waals surface area (Å²) >= 11 is 0. The van der Waals surface area contributed by atoms with Crippen LogP contribution >= 0.6 is 7.82 Å². The number of hydrogen-bond acceptors (Lipinski definition) is 6. The fraction of sp³-hybridized carbons (Fsp3) is 0.711. The molecule has 0 radical (unpaired) electrons. The molecule has 494 valence electrons. The molecule has 9 nitrogen and oxygen atoms in total.